The Kier molecular flexibility index (Phi) is 6.20. The lowest BCUT2D eigenvalue weighted by atomic mass is 10.1. The predicted molar refractivity (Wildman–Crippen MR) is 116 cm³/mol. The number of nitrogens with zero attached hydrogens (tertiary/aromatic N) is 2. The van der Waals surface area contributed by atoms with Crippen molar-refractivity contribution >= 4 is 17.5 Å². The molecule has 1 aliphatic heterocycles. The van der Waals surface area contributed by atoms with Crippen LogP contribution < -0.4 is 15.4 Å². The van der Waals surface area contributed by atoms with Gasteiger partial charge in [0.25, 0.3) is 0 Å². The molecule has 0 radical (unpaired) electrons. The normalized spacial score (nSPS) is 17.2. The van der Waals surface area contributed by atoms with E-state index in [1.165, 1.54) is 0 Å². The van der Waals surface area contributed by atoms with Crippen LogP contribution in [0.4, 0.5) is 16.2 Å². The van der Waals surface area contributed by atoms with Gasteiger partial charge in [0.05, 0.1) is 5.69 Å². The van der Waals surface area contributed by atoms with E-state index >= 15 is 0 Å². The maximum atomic E-state index is 12.5. The number of amides is 1. The van der Waals surface area contributed by atoms with E-state index in [0.29, 0.717) is 31.9 Å². The first-order valence-electron chi connectivity index (χ1n) is 10.0. The zero-order chi connectivity index (χ0) is 21.0. The number of piperazine rings is 1. The molecule has 0 unspecified atom stereocenters. The topological polar surface area (TPSA) is 68.0 Å². The molecule has 0 spiro atoms. The first-order chi connectivity index (χ1) is 13.7. The second-order valence-corrected chi connectivity index (χ2v) is 8.47. The molecule has 1 fully saturated rings. The Bertz CT molecular complexity index is 833. The van der Waals surface area contributed by atoms with Crippen molar-refractivity contribution in [3.05, 3.63) is 54.1 Å². The molecule has 0 aromatic heterocycles. The zero-order valence-corrected chi connectivity index (χ0v) is 17.7. The van der Waals surface area contributed by atoms with Gasteiger partial charge in [-0.1, -0.05) is 30.3 Å². The van der Waals surface area contributed by atoms with Crippen LogP contribution in [0.15, 0.2) is 48.5 Å². The molecule has 0 bridgehead atoms. The van der Waals surface area contributed by atoms with Gasteiger partial charge in [-0.3, -0.25) is 0 Å². The number of hydrogen-bond acceptors (Lipinski definition) is 5. The van der Waals surface area contributed by atoms with Gasteiger partial charge >= 0.3 is 6.09 Å². The standard InChI is InChI=1S/C23H31N3O3/c1-17-15-25(12-13-26(17)22(27)29-23(2,3)4)20-14-19(24)10-11-21(20)28-16-18-8-6-5-7-9-18/h5-11,14,17H,12-13,15-16,24H2,1-4H3/t17-/m0/s1. The minimum absolute atomic E-state index is 0.0157. The lowest BCUT2D eigenvalue weighted by Crippen LogP contribution is -2.55. The summed E-state index contributed by atoms with van der Waals surface area (Å²) in [5.41, 5.74) is 8.31. The first-order valence-corrected chi connectivity index (χ1v) is 10.0. The number of anilines is 2. The highest BCUT2D eigenvalue weighted by Crippen LogP contribution is 2.33. The Balaban J connectivity index is 1.71. The molecule has 0 aliphatic carbocycles. The summed E-state index contributed by atoms with van der Waals surface area (Å²) >= 11 is 0. The molecule has 0 saturated carbocycles. The van der Waals surface area contributed by atoms with Gasteiger partial charge < -0.3 is 25.0 Å². The van der Waals surface area contributed by atoms with Crippen molar-refractivity contribution in [2.75, 3.05) is 30.3 Å². The third-order valence-corrected chi connectivity index (χ3v) is 4.82. The van der Waals surface area contributed by atoms with E-state index in [1.54, 1.807) is 4.90 Å². The number of carbonyl (C=O) groups is 1. The Morgan fingerprint density at radius 3 is 2.52 bits per heavy atom. The van der Waals surface area contributed by atoms with E-state index in [-0.39, 0.29) is 12.1 Å². The van der Waals surface area contributed by atoms with E-state index in [0.717, 1.165) is 17.0 Å². The highest BCUT2D eigenvalue weighted by molar-refractivity contribution is 5.70. The average molecular weight is 398 g/mol. The summed E-state index contributed by atoms with van der Waals surface area (Å²) in [4.78, 5) is 16.5. The van der Waals surface area contributed by atoms with Crippen molar-refractivity contribution in [2.24, 2.45) is 0 Å². The van der Waals surface area contributed by atoms with E-state index in [2.05, 4.69) is 4.90 Å². The zero-order valence-electron chi connectivity index (χ0n) is 17.7. The number of carbonyl (C=O) groups excluding carboxylic acids is 1. The molecule has 1 heterocycles. The third-order valence-electron chi connectivity index (χ3n) is 4.82. The van der Waals surface area contributed by atoms with Crippen LogP contribution >= 0.6 is 0 Å². The van der Waals surface area contributed by atoms with E-state index in [1.807, 2.05) is 76.2 Å². The molecule has 1 aliphatic rings. The second-order valence-electron chi connectivity index (χ2n) is 8.47. The van der Waals surface area contributed by atoms with Crippen molar-refractivity contribution in [3.8, 4) is 5.75 Å². The van der Waals surface area contributed by atoms with Crippen LogP contribution in [0.1, 0.15) is 33.3 Å². The van der Waals surface area contributed by atoms with Crippen molar-refractivity contribution in [3.63, 3.8) is 0 Å². The molecular weight excluding hydrogens is 366 g/mol. The molecule has 2 N–H and O–H groups in total. The molecule has 2 aromatic carbocycles. The van der Waals surface area contributed by atoms with Crippen LogP contribution in [-0.4, -0.2) is 42.3 Å². The van der Waals surface area contributed by atoms with Crippen molar-refractivity contribution in [1.29, 1.82) is 0 Å². The molecule has 6 heteroatoms. The van der Waals surface area contributed by atoms with Crippen LogP contribution in [0.3, 0.4) is 0 Å². The Morgan fingerprint density at radius 1 is 1.14 bits per heavy atom. The number of rotatable bonds is 4. The average Bonchev–Trinajstić information content (AvgIpc) is 2.66. The number of nitrogens with two attached hydrogens (primary N) is 1. The summed E-state index contributed by atoms with van der Waals surface area (Å²) in [5.74, 6) is 0.793. The molecule has 156 valence electrons. The molecular formula is C23H31N3O3. The fourth-order valence-corrected chi connectivity index (χ4v) is 3.41. The minimum atomic E-state index is -0.500. The van der Waals surface area contributed by atoms with Crippen molar-refractivity contribution < 1.29 is 14.3 Å². The largest absolute Gasteiger partial charge is 0.487 e. The summed E-state index contributed by atoms with van der Waals surface area (Å²) in [7, 11) is 0. The Hall–Kier alpha value is -2.89. The van der Waals surface area contributed by atoms with Gasteiger partial charge in [0, 0.05) is 31.4 Å². The number of nitrogen functional groups attached to an aromatic ring is 1. The lowest BCUT2D eigenvalue weighted by Gasteiger charge is -2.41. The van der Waals surface area contributed by atoms with Gasteiger partial charge in [-0.25, -0.2) is 4.79 Å². The van der Waals surface area contributed by atoms with E-state index in [4.69, 9.17) is 15.2 Å². The summed E-state index contributed by atoms with van der Waals surface area (Å²) in [5, 5.41) is 0. The lowest BCUT2D eigenvalue weighted by molar-refractivity contribution is 0.0159. The Labute approximate surface area is 173 Å². The fourth-order valence-electron chi connectivity index (χ4n) is 3.41. The molecule has 3 rings (SSSR count). The Morgan fingerprint density at radius 2 is 1.86 bits per heavy atom. The minimum Gasteiger partial charge on any atom is -0.487 e. The van der Waals surface area contributed by atoms with Crippen LogP contribution in [0.2, 0.25) is 0 Å². The van der Waals surface area contributed by atoms with Gasteiger partial charge in [-0.15, -0.1) is 0 Å². The predicted octanol–water partition coefficient (Wildman–Crippen LogP) is 4.29. The molecule has 6 nitrogen and oxygen atoms in total. The summed E-state index contributed by atoms with van der Waals surface area (Å²) < 4.78 is 11.6. The highest BCUT2D eigenvalue weighted by Gasteiger charge is 2.31. The van der Waals surface area contributed by atoms with E-state index < -0.39 is 5.60 Å². The summed E-state index contributed by atoms with van der Waals surface area (Å²) in [6, 6.07) is 15.8. The quantitative estimate of drug-likeness (QED) is 0.780. The molecule has 1 saturated heterocycles. The number of hydrogen-bond donors (Lipinski definition) is 1. The van der Waals surface area contributed by atoms with Crippen LogP contribution in [0.5, 0.6) is 5.75 Å². The van der Waals surface area contributed by atoms with Gasteiger partial charge in [0.2, 0.25) is 0 Å². The summed E-state index contributed by atoms with van der Waals surface area (Å²) in [6.07, 6.45) is -0.266. The number of benzene rings is 2. The van der Waals surface area contributed by atoms with Crippen LogP contribution in [0.25, 0.3) is 0 Å². The van der Waals surface area contributed by atoms with Gasteiger partial charge in [-0.05, 0) is 51.5 Å². The van der Waals surface area contributed by atoms with Crippen molar-refractivity contribution in [1.82, 2.24) is 4.90 Å². The number of ether oxygens (including phenoxy) is 2. The van der Waals surface area contributed by atoms with Gasteiger partial charge in [0.15, 0.2) is 0 Å². The monoisotopic (exact) mass is 397 g/mol. The van der Waals surface area contributed by atoms with E-state index in [9.17, 15) is 4.79 Å². The van der Waals surface area contributed by atoms with Crippen LogP contribution in [0, 0.1) is 0 Å². The van der Waals surface area contributed by atoms with Crippen molar-refractivity contribution in [2.45, 2.75) is 45.9 Å². The SMILES string of the molecule is C[C@H]1CN(c2cc(N)ccc2OCc2ccccc2)CCN1C(=O)OC(C)(C)C. The van der Waals surface area contributed by atoms with Gasteiger partial charge in [-0.2, -0.15) is 0 Å². The highest BCUT2D eigenvalue weighted by atomic mass is 16.6. The fraction of sp³-hybridized carbons (Fsp3) is 0.435. The summed E-state index contributed by atoms with van der Waals surface area (Å²) in [6.45, 7) is 10.1. The molecule has 29 heavy (non-hydrogen) atoms. The molecule has 1 amide bonds. The smallest absolute Gasteiger partial charge is 0.410 e. The first kappa shape index (κ1) is 20.8. The van der Waals surface area contributed by atoms with Crippen LogP contribution in [-0.2, 0) is 11.3 Å². The van der Waals surface area contributed by atoms with Gasteiger partial charge in [0.1, 0.15) is 18.0 Å². The maximum Gasteiger partial charge on any atom is 0.410 e. The third kappa shape index (κ3) is 5.56. The molecule has 2 aromatic rings. The maximum absolute atomic E-state index is 12.5. The molecule has 1 atom stereocenters. The second kappa shape index (κ2) is 8.64.